The van der Waals surface area contributed by atoms with Crippen LogP contribution in [-0.2, 0) is 0 Å². The van der Waals surface area contributed by atoms with Crippen LogP contribution in [0, 0.1) is 11.3 Å². The van der Waals surface area contributed by atoms with E-state index in [1.807, 2.05) is 4.90 Å². The topological polar surface area (TPSA) is 65.4 Å². The number of hydrogen-bond donors (Lipinski definition) is 1. The molecule has 0 spiro atoms. The third-order valence-corrected chi connectivity index (χ3v) is 3.27. The maximum absolute atomic E-state index is 8.64. The predicted octanol–water partition coefficient (Wildman–Crippen LogP) is 2.26. The normalized spacial score (nSPS) is 18.1. The summed E-state index contributed by atoms with van der Waals surface area (Å²) < 4.78 is 0. The zero-order chi connectivity index (χ0) is 12.7. The van der Waals surface area contributed by atoms with Crippen LogP contribution in [0.3, 0.4) is 0 Å². The molecule has 0 aromatic rings. The Morgan fingerprint density at radius 1 is 1.41 bits per heavy atom. The first-order valence-corrected chi connectivity index (χ1v) is 6.62. The average molecular weight is 236 g/mol. The standard InChI is InChI=1S/C13H24N4/c1-11(2)17(10-6-9-14)13(15)16-12-7-4-3-5-8-12/h11-12H,3-8,10H2,1-2H3,(H2,15,16). The highest BCUT2D eigenvalue weighted by Gasteiger charge is 2.16. The van der Waals surface area contributed by atoms with Gasteiger partial charge in [-0.15, -0.1) is 0 Å². The minimum Gasteiger partial charge on any atom is -0.370 e. The Balaban J connectivity index is 2.58. The van der Waals surface area contributed by atoms with Gasteiger partial charge in [0.2, 0.25) is 0 Å². The molecule has 17 heavy (non-hydrogen) atoms. The minimum atomic E-state index is 0.302. The molecule has 96 valence electrons. The monoisotopic (exact) mass is 236 g/mol. The van der Waals surface area contributed by atoms with E-state index in [9.17, 15) is 0 Å². The number of nitriles is 1. The van der Waals surface area contributed by atoms with Gasteiger partial charge < -0.3 is 10.6 Å². The molecule has 1 aliphatic rings. The molecule has 0 atom stereocenters. The van der Waals surface area contributed by atoms with Gasteiger partial charge in [0.05, 0.1) is 18.5 Å². The van der Waals surface area contributed by atoms with E-state index in [0.29, 0.717) is 31.0 Å². The van der Waals surface area contributed by atoms with Gasteiger partial charge >= 0.3 is 0 Å². The fraction of sp³-hybridized carbons (Fsp3) is 0.846. The maximum Gasteiger partial charge on any atom is 0.191 e. The molecule has 1 fully saturated rings. The first-order chi connectivity index (χ1) is 8.15. The van der Waals surface area contributed by atoms with Crippen LogP contribution in [0.15, 0.2) is 4.99 Å². The van der Waals surface area contributed by atoms with Crippen molar-refractivity contribution in [2.45, 2.75) is 64.5 Å². The van der Waals surface area contributed by atoms with Crippen LogP contribution < -0.4 is 5.73 Å². The highest BCUT2D eigenvalue weighted by Crippen LogP contribution is 2.20. The number of nitrogens with two attached hydrogens (primary N) is 1. The van der Waals surface area contributed by atoms with E-state index in [0.717, 1.165) is 12.8 Å². The summed E-state index contributed by atoms with van der Waals surface area (Å²) in [6.45, 7) is 4.84. The fourth-order valence-corrected chi connectivity index (χ4v) is 2.28. The van der Waals surface area contributed by atoms with E-state index in [4.69, 9.17) is 11.0 Å². The Morgan fingerprint density at radius 2 is 2.06 bits per heavy atom. The summed E-state index contributed by atoms with van der Waals surface area (Å²) in [6.07, 6.45) is 6.67. The van der Waals surface area contributed by atoms with Gasteiger partial charge in [-0.1, -0.05) is 19.3 Å². The lowest BCUT2D eigenvalue weighted by atomic mass is 9.96. The van der Waals surface area contributed by atoms with Crippen LogP contribution in [0.1, 0.15) is 52.4 Å². The summed E-state index contributed by atoms with van der Waals surface area (Å²) in [5.74, 6) is 0.613. The molecule has 0 radical (unpaired) electrons. The Labute approximate surface area is 105 Å². The van der Waals surface area contributed by atoms with E-state index >= 15 is 0 Å². The van der Waals surface area contributed by atoms with Crippen molar-refractivity contribution in [3.8, 4) is 6.07 Å². The molecule has 0 bridgehead atoms. The number of nitrogens with zero attached hydrogens (tertiary/aromatic N) is 3. The summed E-state index contributed by atoms with van der Waals surface area (Å²) in [6, 6.07) is 2.86. The molecule has 0 saturated heterocycles. The van der Waals surface area contributed by atoms with Gasteiger partial charge in [-0.25, -0.2) is 4.99 Å². The Bertz CT molecular complexity index is 284. The van der Waals surface area contributed by atoms with Gasteiger partial charge in [0, 0.05) is 12.6 Å². The molecule has 1 rings (SSSR count). The molecule has 0 amide bonds. The van der Waals surface area contributed by atoms with Crippen molar-refractivity contribution >= 4 is 5.96 Å². The lowest BCUT2D eigenvalue weighted by Crippen LogP contribution is -2.43. The predicted molar refractivity (Wildman–Crippen MR) is 70.6 cm³/mol. The molecule has 0 heterocycles. The van der Waals surface area contributed by atoms with Gasteiger partial charge in [-0.3, -0.25) is 0 Å². The summed E-state index contributed by atoms with van der Waals surface area (Å²) in [5.41, 5.74) is 6.06. The number of aliphatic imine (C=N–C) groups is 1. The smallest absolute Gasteiger partial charge is 0.191 e. The first kappa shape index (κ1) is 13.8. The lowest BCUT2D eigenvalue weighted by Gasteiger charge is -2.28. The van der Waals surface area contributed by atoms with Crippen molar-refractivity contribution in [1.82, 2.24) is 4.90 Å². The molecule has 0 unspecified atom stereocenters. The molecule has 4 heteroatoms. The van der Waals surface area contributed by atoms with Crippen LogP contribution >= 0.6 is 0 Å². The molecule has 1 aliphatic carbocycles. The van der Waals surface area contributed by atoms with Crippen LogP contribution in [0.25, 0.3) is 0 Å². The van der Waals surface area contributed by atoms with Gasteiger partial charge in [0.15, 0.2) is 5.96 Å². The summed E-state index contributed by atoms with van der Waals surface area (Å²) in [7, 11) is 0. The summed E-state index contributed by atoms with van der Waals surface area (Å²) >= 11 is 0. The molecule has 1 saturated carbocycles. The SMILES string of the molecule is CC(C)N(CCC#N)C(N)=NC1CCCCC1. The number of hydrogen-bond acceptors (Lipinski definition) is 2. The summed E-state index contributed by atoms with van der Waals surface area (Å²) in [5, 5.41) is 8.64. The second-order valence-corrected chi connectivity index (χ2v) is 4.97. The third-order valence-electron chi connectivity index (χ3n) is 3.27. The highest BCUT2D eigenvalue weighted by atomic mass is 15.3. The molecular weight excluding hydrogens is 212 g/mol. The van der Waals surface area contributed by atoms with E-state index in [1.54, 1.807) is 0 Å². The zero-order valence-corrected chi connectivity index (χ0v) is 11.0. The first-order valence-electron chi connectivity index (χ1n) is 6.62. The van der Waals surface area contributed by atoms with Crippen molar-refractivity contribution in [3.63, 3.8) is 0 Å². The average Bonchev–Trinajstić information content (AvgIpc) is 2.30. The molecule has 0 aliphatic heterocycles. The molecule has 0 aromatic heterocycles. The molecule has 4 nitrogen and oxygen atoms in total. The molecule has 0 aromatic carbocycles. The van der Waals surface area contributed by atoms with E-state index in [1.165, 1.54) is 19.3 Å². The summed E-state index contributed by atoms with van der Waals surface area (Å²) in [4.78, 5) is 6.65. The molecular formula is C13H24N4. The van der Waals surface area contributed by atoms with Crippen molar-refractivity contribution < 1.29 is 0 Å². The van der Waals surface area contributed by atoms with E-state index < -0.39 is 0 Å². The Kier molecular flexibility index (Phi) is 5.82. The third kappa shape index (κ3) is 4.64. The van der Waals surface area contributed by atoms with Crippen LogP contribution in [-0.4, -0.2) is 29.5 Å². The zero-order valence-electron chi connectivity index (χ0n) is 11.0. The fourth-order valence-electron chi connectivity index (χ4n) is 2.28. The van der Waals surface area contributed by atoms with E-state index in [-0.39, 0.29) is 0 Å². The number of guanidine groups is 1. The Hall–Kier alpha value is -1.24. The largest absolute Gasteiger partial charge is 0.370 e. The number of rotatable bonds is 4. The van der Waals surface area contributed by atoms with Crippen molar-refractivity contribution in [1.29, 1.82) is 5.26 Å². The molecule has 2 N–H and O–H groups in total. The van der Waals surface area contributed by atoms with Gasteiger partial charge in [0.1, 0.15) is 0 Å². The van der Waals surface area contributed by atoms with Crippen molar-refractivity contribution in [2.24, 2.45) is 10.7 Å². The van der Waals surface area contributed by atoms with Crippen LogP contribution in [0.5, 0.6) is 0 Å². The van der Waals surface area contributed by atoms with Crippen molar-refractivity contribution in [3.05, 3.63) is 0 Å². The maximum atomic E-state index is 8.64. The van der Waals surface area contributed by atoms with Gasteiger partial charge in [0.25, 0.3) is 0 Å². The second kappa shape index (κ2) is 7.16. The van der Waals surface area contributed by atoms with Crippen LogP contribution in [0.2, 0.25) is 0 Å². The quantitative estimate of drug-likeness (QED) is 0.601. The highest BCUT2D eigenvalue weighted by molar-refractivity contribution is 5.78. The Morgan fingerprint density at radius 3 is 2.59 bits per heavy atom. The van der Waals surface area contributed by atoms with Gasteiger partial charge in [-0.2, -0.15) is 5.26 Å². The van der Waals surface area contributed by atoms with Gasteiger partial charge in [-0.05, 0) is 26.7 Å². The van der Waals surface area contributed by atoms with Crippen LogP contribution in [0.4, 0.5) is 0 Å². The lowest BCUT2D eigenvalue weighted by molar-refractivity contribution is 0.345. The second-order valence-electron chi connectivity index (χ2n) is 4.97. The van der Waals surface area contributed by atoms with E-state index in [2.05, 4.69) is 24.9 Å². The van der Waals surface area contributed by atoms with Crippen molar-refractivity contribution in [2.75, 3.05) is 6.54 Å². The minimum absolute atomic E-state index is 0.302.